The number of carbonyl (C=O) groups excluding carboxylic acids is 1. The molecule has 2 aromatic rings. The molecule has 0 atom stereocenters. The summed E-state index contributed by atoms with van der Waals surface area (Å²) in [7, 11) is 1.64. The number of anilines is 1. The fourth-order valence-electron chi connectivity index (χ4n) is 3.10. The molecule has 1 aliphatic heterocycles. The summed E-state index contributed by atoms with van der Waals surface area (Å²) in [4.78, 5) is 14.7. The van der Waals surface area contributed by atoms with Gasteiger partial charge in [0.05, 0.1) is 7.11 Å². The highest BCUT2D eigenvalue weighted by Gasteiger charge is 2.12. The summed E-state index contributed by atoms with van der Waals surface area (Å²) in [6.07, 6.45) is 3.82. The summed E-state index contributed by atoms with van der Waals surface area (Å²) < 4.78 is 5.31. The molecule has 1 amide bonds. The van der Waals surface area contributed by atoms with E-state index in [1.54, 1.807) is 7.11 Å². The number of nitrogens with zero attached hydrogens (tertiary/aromatic N) is 1. The molecule has 0 radical (unpaired) electrons. The van der Waals surface area contributed by atoms with Crippen molar-refractivity contribution in [3.63, 3.8) is 0 Å². The minimum Gasteiger partial charge on any atom is -0.496 e. The SMILES string of the molecule is COc1ccccc1CNC(=O)c1ccc(N2CCCCC2)cc1. The Kier molecular flexibility index (Phi) is 5.36. The van der Waals surface area contributed by atoms with Gasteiger partial charge < -0.3 is 15.0 Å². The van der Waals surface area contributed by atoms with Crippen LogP contribution in [0.3, 0.4) is 0 Å². The van der Waals surface area contributed by atoms with Crippen molar-refractivity contribution in [1.29, 1.82) is 0 Å². The molecule has 0 aromatic heterocycles. The van der Waals surface area contributed by atoms with Crippen LogP contribution < -0.4 is 15.0 Å². The monoisotopic (exact) mass is 324 g/mol. The first kappa shape index (κ1) is 16.4. The van der Waals surface area contributed by atoms with Crippen molar-refractivity contribution >= 4 is 11.6 Å². The largest absolute Gasteiger partial charge is 0.496 e. The molecule has 3 rings (SSSR count). The number of para-hydroxylation sites is 1. The smallest absolute Gasteiger partial charge is 0.251 e. The lowest BCUT2D eigenvalue weighted by molar-refractivity contribution is 0.0950. The Morgan fingerprint density at radius 2 is 1.75 bits per heavy atom. The summed E-state index contributed by atoms with van der Waals surface area (Å²) in [5.41, 5.74) is 2.86. The molecule has 1 N–H and O–H groups in total. The highest BCUT2D eigenvalue weighted by atomic mass is 16.5. The maximum Gasteiger partial charge on any atom is 0.251 e. The van der Waals surface area contributed by atoms with Crippen LogP contribution in [0.15, 0.2) is 48.5 Å². The van der Waals surface area contributed by atoms with Crippen LogP contribution in [-0.2, 0) is 6.54 Å². The summed E-state index contributed by atoms with van der Waals surface area (Å²) in [6, 6.07) is 15.6. The second kappa shape index (κ2) is 7.86. The summed E-state index contributed by atoms with van der Waals surface area (Å²) in [6.45, 7) is 2.68. The minimum atomic E-state index is -0.0638. The van der Waals surface area contributed by atoms with Gasteiger partial charge in [-0.2, -0.15) is 0 Å². The number of piperidine rings is 1. The zero-order valence-corrected chi connectivity index (χ0v) is 14.1. The molecule has 1 aliphatic rings. The van der Waals surface area contributed by atoms with Crippen molar-refractivity contribution in [2.45, 2.75) is 25.8 Å². The zero-order valence-electron chi connectivity index (χ0n) is 14.1. The van der Waals surface area contributed by atoms with Crippen LogP contribution in [0.4, 0.5) is 5.69 Å². The van der Waals surface area contributed by atoms with Gasteiger partial charge in [0.25, 0.3) is 5.91 Å². The number of amides is 1. The highest BCUT2D eigenvalue weighted by Crippen LogP contribution is 2.20. The van der Waals surface area contributed by atoms with Gasteiger partial charge >= 0.3 is 0 Å². The van der Waals surface area contributed by atoms with Gasteiger partial charge in [0, 0.05) is 36.4 Å². The van der Waals surface area contributed by atoms with E-state index in [9.17, 15) is 4.79 Å². The fraction of sp³-hybridized carbons (Fsp3) is 0.350. The van der Waals surface area contributed by atoms with E-state index in [1.807, 2.05) is 48.5 Å². The molecule has 1 saturated heterocycles. The molecule has 0 unspecified atom stereocenters. The van der Waals surface area contributed by atoms with Crippen LogP contribution in [0, 0.1) is 0 Å². The molecular formula is C20H24N2O2. The van der Waals surface area contributed by atoms with E-state index in [2.05, 4.69) is 10.2 Å². The summed E-state index contributed by atoms with van der Waals surface area (Å²) in [5.74, 6) is 0.726. The van der Waals surface area contributed by atoms with Gasteiger partial charge in [0.15, 0.2) is 0 Å². The standard InChI is InChI=1S/C20H24N2O2/c1-24-19-8-4-3-7-17(19)15-21-20(23)16-9-11-18(12-10-16)22-13-5-2-6-14-22/h3-4,7-12H,2,5-6,13-15H2,1H3,(H,21,23). The van der Waals surface area contributed by atoms with Crippen LogP contribution >= 0.6 is 0 Å². The zero-order chi connectivity index (χ0) is 16.8. The topological polar surface area (TPSA) is 41.6 Å². The molecular weight excluding hydrogens is 300 g/mol. The van der Waals surface area contributed by atoms with Gasteiger partial charge in [0.2, 0.25) is 0 Å². The Balaban J connectivity index is 1.60. The fourth-order valence-corrected chi connectivity index (χ4v) is 3.10. The van der Waals surface area contributed by atoms with Gasteiger partial charge in [-0.1, -0.05) is 18.2 Å². The van der Waals surface area contributed by atoms with Crippen molar-refractivity contribution in [2.24, 2.45) is 0 Å². The second-order valence-corrected chi connectivity index (χ2v) is 6.09. The van der Waals surface area contributed by atoms with Crippen LogP contribution in [0.5, 0.6) is 5.75 Å². The number of benzene rings is 2. The van der Waals surface area contributed by atoms with Crippen LogP contribution in [-0.4, -0.2) is 26.1 Å². The minimum absolute atomic E-state index is 0.0638. The first-order valence-electron chi connectivity index (χ1n) is 8.53. The normalized spacial score (nSPS) is 14.3. The predicted molar refractivity (Wildman–Crippen MR) is 96.7 cm³/mol. The molecule has 0 saturated carbocycles. The average molecular weight is 324 g/mol. The Hall–Kier alpha value is -2.49. The maximum atomic E-state index is 12.3. The number of rotatable bonds is 5. The van der Waals surface area contributed by atoms with Gasteiger partial charge in [-0.25, -0.2) is 0 Å². The van der Waals surface area contributed by atoms with Crippen molar-refractivity contribution in [2.75, 3.05) is 25.1 Å². The lowest BCUT2D eigenvalue weighted by Crippen LogP contribution is -2.29. The van der Waals surface area contributed by atoms with E-state index < -0.39 is 0 Å². The summed E-state index contributed by atoms with van der Waals surface area (Å²) in [5, 5.41) is 2.96. The molecule has 1 heterocycles. The van der Waals surface area contributed by atoms with Crippen LogP contribution in [0.1, 0.15) is 35.2 Å². The number of hydrogen-bond donors (Lipinski definition) is 1. The van der Waals surface area contributed by atoms with E-state index in [0.29, 0.717) is 12.1 Å². The second-order valence-electron chi connectivity index (χ2n) is 6.09. The first-order valence-corrected chi connectivity index (χ1v) is 8.53. The van der Waals surface area contributed by atoms with Crippen molar-refractivity contribution < 1.29 is 9.53 Å². The lowest BCUT2D eigenvalue weighted by Gasteiger charge is -2.28. The number of carbonyl (C=O) groups is 1. The molecule has 0 spiro atoms. The van der Waals surface area contributed by atoms with Gasteiger partial charge in [-0.05, 0) is 49.6 Å². The third kappa shape index (κ3) is 3.88. The van der Waals surface area contributed by atoms with E-state index >= 15 is 0 Å². The van der Waals surface area contributed by atoms with Gasteiger partial charge in [-0.3, -0.25) is 4.79 Å². The number of nitrogens with one attached hydrogen (secondary N) is 1. The molecule has 24 heavy (non-hydrogen) atoms. The van der Waals surface area contributed by atoms with E-state index in [0.717, 1.165) is 24.4 Å². The highest BCUT2D eigenvalue weighted by molar-refractivity contribution is 5.94. The first-order chi connectivity index (χ1) is 11.8. The van der Waals surface area contributed by atoms with E-state index in [1.165, 1.54) is 24.9 Å². The number of methoxy groups -OCH3 is 1. The van der Waals surface area contributed by atoms with E-state index in [-0.39, 0.29) is 5.91 Å². The third-order valence-electron chi connectivity index (χ3n) is 4.48. The van der Waals surface area contributed by atoms with Crippen molar-refractivity contribution in [1.82, 2.24) is 5.32 Å². The maximum absolute atomic E-state index is 12.3. The third-order valence-corrected chi connectivity index (χ3v) is 4.48. The van der Waals surface area contributed by atoms with Gasteiger partial charge in [-0.15, -0.1) is 0 Å². The van der Waals surface area contributed by atoms with Crippen molar-refractivity contribution in [3.8, 4) is 5.75 Å². The Morgan fingerprint density at radius 3 is 2.46 bits per heavy atom. The lowest BCUT2D eigenvalue weighted by atomic mass is 10.1. The Morgan fingerprint density at radius 1 is 1.04 bits per heavy atom. The molecule has 1 fully saturated rings. The molecule has 126 valence electrons. The molecule has 4 nitrogen and oxygen atoms in total. The van der Waals surface area contributed by atoms with Crippen LogP contribution in [0.2, 0.25) is 0 Å². The molecule has 2 aromatic carbocycles. The van der Waals surface area contributed by atoms with Crippen molar-refractivity contribution in [3.05, 3.63) is 59.7 Å². The van der Waals surface area contributed by atoms with Gasteiger partial charge in [0.1, 0.15) is 5.75 Å². The molecule has 4 heteroatoms. The van der Waals surface area contributed by atoms with Crippen LogP contribution in [0.25, 0.3) is 0 Å². The Bertz CT molecular complexity index is 676. The molecule has 0 aliphatic carbocycles. The predicted octanol–water partition coefficient (Wildman–Crippen LogP) is 3.62. The molecule has 0 bridgehead atoms. The number of ether oxygens (including phenoxy) is 1. The summed E-state index contributed by atoms with van der Waals surface area (Å²) >= 11 is 0. The average Bonchev–Trinajstić information content (AvgIpc) is 2.67. The quantitative estimate of drug-likeness (QED) is 0.913. The Labute approximate surface area is 143 Å². The number of hydrogen-bond acceptors (Lipinski definition) is 3. The van der Waals surface area contributed by atoms with E-state index in [4.69, 9.17) is 4.74 Å².